The number of nitrogens with one attached hydrogen (secondary N) is 1. The summed E-state index contributed by atoms with van der Waals surface area (Å²) in [4.78, 5) is -0.176. The average molecular weight is 360 g/mol. The third-order valence-corrected chi connectivity index (χ3v) is 6.04. The number of hydrogen-bond acceptors (Lipinski definition) is 3. The van der Waals surface area contributed by atoms with Crippen LogP contribution in [0.15, 0.2) is 17.0 Å². The lowest BCUT2D eigenvalue weighted by atomic mass is 9.95. The standard InChI is InChI=1S/C12H17Cl3N2O2S/c1-3-12(4-2,7-16)17-20(18,19)11-9(14)5-8(13)6-10(11)15/h5-6,17H,3-4,7,16H2,1-2H3. The Morgan fingerprint density at radius 3 is 1.95 bits per heavy atom. The van der Waals surface area contributed by atoms with Crippen molar-refractivity contribution in [2.24, 2.45) is 5.73 Å². The van der Waals surface area contributed by atoms with Crippen molar-refractivity contribution < 1.29 is 8.42 Å². The van der Waals surface area contributed by atoms with Gasteiger partial charge in [0.2, 0.25) is 10.0 Å². The van der Waals surface area contributed by atoms with Crippen LogP contribution in [0.1, 0.15) is 26.7 Å². The second-order valence-corrected chi connectivity index (χ2v) is 7.37. The fourth-order valence-corrected chi connectivity index (χ4v) is 4.95. The van der Waals surface area contributed by atoms with Crippen molar-refractivity contribution >= 4 is 44.8 Å². The molecule has 1 aromatic rings. The molecule has 0 aliphatic heterocycles. The number of sulfonamides is 1. The molecule has 114 valence electrons. The summed E-state index contributed by atoms with van der Waals surface area (Å²) in [6, 6.07) is 2.68. The molecule has 0 bridgehead atoms. The van der Waals surface area contributed by atoms with Crippen LogP contribution in [0.3, 0.4) is 0 Å². The highest BCUT2D eigenvalue weighted by molar-refractivity contribution is 7.89. The molecule has 0 unspecified atom stereocenters. The van der Waals surface area contributed by atoms with Crippen LogP contribution in [0.25, 0.3) is 0 Å². The fraction of sp³-hybridized carbons (Fsp3) is 0.500. The van der Waals surface area contributed by atoms with Crippen molar-refractivity contribution in [1.29, 1.82) is 0 Å². The molecule has 1 aromatic carbocycles. The molecule has 0 radical (unpaired) electrons. The van der Waals surface area contributed by atoms with Gasteiger partial charge in [-0.25, -0.2) is 13.1 Å². The Bertz CT molecular complexity index is 555. The molecule has 1 rings (SSSR count). The summed E-state index contributed by atoms with van der Waals surface area (Å²) in [5.41, 5.74) is 4.98. The van der Waals surface area contributed by atoms with Gasteiger partial charge in [0.1, 0.15) is 4.90 Å². The number of nitrogens with two attached hydrogens (primary N) is 1. The minimum atomic E-state index is -3.88. The van der Waals surface area contributed by atoms with Crippen LogP contribution in [-0.4, -0.2) is 20.5 Å². The van der Waals surface area contributed by atoms with E-state index in [0.717, 1.165) is 0 Å². The predicted octanol–water partition coefficient (Wildman–Crippen LogP) is 3.44. The summed E-state index contributed by atoms with van der Waals surface area (Å²) in [6.45, 7) is 3.91. The van der Waals surface area contributed by atoms with Crippen molar-refractivity contribution in [3.8, 4) is 0 Å². The molecule has 0 fully saturated rings. The zero-order valence-electron chi connectivity index (χ0n) is 11.2. The SMILES string of the molecule is CCC(CC)(CN)NS(=O)(=O)c1c(Cl)cc(Cl)cc1Cl. The zero-order valence-corrected chi connectivity index (χ0v) is 14.3. The summed E-state index contributed by atoms with van der Waals surface area (Å²) in [5, 5.41) is 0.233. The molecule has 0 amide bonds. The van der Waals surface area contributed by atoms with Gasteiger partial charge in [-0.3, -0.25) is 0 Å². The molecule has 3 N–H and O–H groups in total. The number of rotatable bonds is 6. The minimum absolute atomic E-state index is 0.0203. The Kier molecular flexibility index (Phi) is 6.14. The van der Waals surface area contributed by atoms with Crippen molar-refractivity contribution in [3.63, 3.8) is 0 Å². The monoisotopic (exact) mass is 358 g/mol. The van der Waals surface area contributed by atoms with E-state index in [1.165, 1.54) is 12.1 Å². The molecule has 0 heterocycles. The Morgan fingerprint density at radius 2 is 1.60 bits per heavy atom. The van der Waals surface area contributed by atoms with Crippen LogP contribution in [0.2, 0.25) is 15.1 Å². The molecule has 20 heavy (non-hydrogen) atoms. The molecule has 0 aromatic heterocycles. The summed E-state index contributed by atoms with van der Waals surface area (Å²) >= 11 is 17.7. The van der Waals surface area contributed by atoms with Crippen LogP contribution < -0.4 is 10.5 Å². The van der Waals surface area contributed by atoms with Crippen molar-refractivity contribution in [1.82, 2.24) is 4.72 Å². The maximum absolute atomic E-state index is 12.5. The van der Waals surface area contributed by atoms with Crippen molar-refractivity contribution in [2.45, 2.75) is 37.1 Å². The highest BCUT2D eigenvalue weighted by Crippen LogP contribution is 2.33. The third kappa shape index (κ3) is 3.78. The second kappa shape index (κ2) is 6.81. The molecule has 0 aliphatic carbocycles. The molecule has 0 atom stereocenters. The predicted molar refractivity (Wildman–Crippen MR) is 84.2 cm³/mol. The van der Waals surface area contributed by atoms with E-state index in [2.05, 4.69) is 4.72 Å². The van der Waals surface area contributed by atoms with Gasteiger partial charge in [0.25, 0.3) is 0 Å². The molecule has 0 spiro atoms. The van der Waals surface area contributed by atoms with Crippen LogP contribution in [0.5, 0.6) is 0 Å². The van der Waals surface area contributed by atoms with Crippen LogP contribution in [0, 0.1) is 0 Å². The van der Waals surface area contributed by atoms with Gasteiger partial charge in [-0.1, -0.05) is 48.7 Å². The smallest absolute Gasteiger partial charge is 0.244 e. The second-order valence-electron chi connectivity index (χ2n) is 4.50. The first-order chi connectivity index (χ1) is 9.21. The van der Waals surface area contributed by atoms with Crippen molar-refractivity contribution in [3.05, 3.63) is 27.2 Å². The van der Waals surface area contributed by atoms with Gasteiger partial charge < -0.3 is 5.73 Å². The van der Waals surface area contributed by atoms with Crippen LogP contribution in [-0.2, 0) is 10.0 Å². The number of halogens is 3. The molecular formula is C12H17Cl3N2O2S. The largest absolute Gasteiger partial charge is 0.329 e. The van der Waals surface area contributed by atoms with E-state index >= 15 is 0 Å². The van der Waals surface area contributed by atoms with E-state index in [1.54, 1.807) is 0 Å². The van der Waals surface area contributed by atoms with Gasteiger partial charge in [-0.2, -0.15) is 0 Å². The summed E-state index contributed by atoms with van der Waals surface area (Å²) in [6.07, 6.45) is 1.12. The van der Waals surface area contributed by atoms with Gasteiger partial charge in [0.15, 0.2) is 0 Å². The Balaban J connectivity index is 3.32. The molecule has 4 nitrogen and oxygen atoms in total. The lowest BCUT2D eigenvalue weighted by molar-refractivity contribution is 0.363. The summed E-state index contributed by atoms with van der Waals surface area (Å²) in [5.74, 6) is 0. The molecule has 0 saturated carbocycles. The van der Waals surface area contributed by atoms with E-state index in [4.69, 9.17) is 40.5 Å². The maximum Gasteiger partial charge on any atom is 0.244 e. The van der Waals surface area contributed by atoms with E-state index in [0.29, 0.717) is 12.8 Å². The summed E-state index contributed by atoms with van der Waals surface area (Å²) < 4.78 is 27.6. The molecule has 0 aliphatic rings. The van der Waals surface area contributed by atoms with Crippen LogP contribution >= 0.6 is 34.8 Å². The van der Waals surface area contributed by atoms with Crippen LogP contribution in [0.4, 0.5) is 0 Å². The zero-order chi connectivity index (χ0) is 15.6. The van der Waals surface area contributed by atoms with Gasteiger partial charge in [0, 0.05) is 17.1 Å². The highest BCUT2D eigenvalue weighted by atomic mass is 35.5. The normalized spacial score (nSPS) is 12.7. The topological polar surface area (TPSA) is 72.2 Å². The average Bonchev–Trinajstić information content (AvgIpc) is 2.34. The summed E-state index contributed by atoms with van der Waals surface area (Å²) in [7, 11) is -3.88. The van der Waals surface area contributed by atoms with E-state index in [1.807, 2.05) is 13.8 Å². The molecular weight excluding hydrogens is 343 g/mol. The lowest BCUT2D eigenvalue weighted by Gasteiger charge is -2.31. The molecule has 0 saturated heterocycles. The van der Waals surface area contributed by atoms with Crippen molar-refractivity contribution in [2.75, 3.05) is 6.54 Å². The van der Waals surface area contributed by atoms with Gasteiger partial charge in [-0.15, -0.1) is 0 Å². The molecule has 8 heteroatoms. The minimum Gasteiger partial charge on any atom is -0.329 e. The van der Waals surface area contributed by atoms with E-state index in [-0.39, 0.29) is 26.5 Å². The van der Waals surface area contributed by atoms with Gasteiger partial charge in [-0.05, 0) is 25.0 Å². The van der Waals surface area contributed by atoms with Gasteiger partial charge >= 0.3 is 0 Å². The Hall–Kier alpha value is -0.0400. The van der Waals surface area contributed by atoms with Gasteiger partial charge in [0.05, 0.1) is 10.0 Å². The Morgan fingerprint density at radius 1 is 1.15 bits per heavy atom. The fourth-order valence-electron chi connectivity index (χ4n) is 1.85. The number of hydrogen-bond donors (Lipinski definition) is 2. The highest BCUT2D eigenvalue weighted by Gasteiger charge is 2.33. The van der Waals surface area contributed by atoms with E-state index in [9.17, 15) is 8.42 Å². The first-order valence-electron chi connectivity index (χ1n) is 6.10. The Labute approximate surface area is 134 Å². The number of benzene rings is 1. The maximum atomic E-state index is 12.5. The lowest BCUT2D eigenvalue weighted by Crippen LogP contribution is -2.52. The van der Waals surface area contributed by atoms with E-state index < -0.39 is 15.6 Å². The first kappa shape index (κ1) is 18.0. The quantitative estimate of drug-likeness (QED) is 0.817. The third-order valence-electron chi connectivity index (χ3n) is 3.33. The first-order valence-corrected chi connectivity index (χ1v) is 8.71.